The van der Waals surface area contributed by atoms with Crippen molar-refractivity contribution in [3.05, 3.63) is 23.9 Å². The number of carbonyl (C=O) groups is 1. The minimum atomic E-state index is -0.310. The van der Waals surface area contributed by atoms with Crippen LogP contribution in [0.4, 0.5) is 0 Å². The molecule has 12 heavy (non-hydrogen) atoms. The van der Waals surface area contributed by atoms with Crippen molar-refractivity contribution >= 4 is 13.9 Å². The third-order valence-electron chi connectivity index (χ3n) is 1.55. The molecule has 0 aromatic carbocycles. The standard InChI is InChI=1S/C7H8BN3O/c1-3-5-4-11(8)7(12)6(5)10-9-2/h3H,1,4H2,2H3. The van der Waals surface area contributed by atoms with Gasteiger partial charge in [-0.3, -0.25) is 4.79 Å². The molecule has 1 rings (SSSR count). The predicted octanol–water partition coefficient (Wildman–Crippen LogP) is 0.434. The van der Waals surface area contributed by atoms with E-state index in [0.29, 0.717) is 12.1 Å². The molecular weight excluding hydrogens is 153 g/mol. The number of azo groups is 1. The van der Waals surface area contributed by atoms with Gasteiger partial charge in [0.2, 0.25) is 7.98 Å². The van der Waals surface area contributed by atoms with Crippen LogP contribution in [0.3, 0.4) is 0 Å². The predicted molar refractivity (Wildman–Crippen MR) is 45.5 cm³/mol. The molecule has 0 atom stereocenters. The van der Waals surface area contributed by atoms with Gasteiger partial charge < -0.3 is 4.81 Å². The zero-order valence-corrected chi connectivity index (χ0v) is 6.82. The molecule has 0 saturated heterocycles. The Bertz CT molecular complexity index is 282. The molecule has 1 amide bonds. The highest BCUT2D eigenvalue weighted by Gasteiger charge is 2.25. The second-order valence-corrected chi connectivity index (χ2v) is 2.31. The number of carbonyl (C=O) groups excluding carboxylic acids is 1. The van der Waals surface area contributed by atoms with E-state index in [4.69, 9.17) is 7.98 Å². The van der Waals surface area contributed by atoms with Crippen molar-refractivity contribution in [1.82, 2.24) is 4.81 Å². The van der Waals surface area contributed by atoms with Gasteiger partial charge >= 0.3 is 0 Å². The Balaban J connectivity index is 3.02. The Morgan fingerprint density at radius 3 is 2.92 bits per heavy atom. The number of rotatable bonds is 2. The van der Waals surface area contributed by atoms with E-state index in [1.807, 2.05) is 0 Å². The Kier molecular flexibility index (Phi) is 2.42. The summed E-state index contributed by atoms with van der Waals surface area (Å²) >= 11 is 0. The summed E-state index contributed by atoms with van der Waals surface area (Å²) in [5, 5.41) is 7.19. The Morgan fingerprint density at radius 2 is 2.42 bits per heavy atom. The molecule has 0 saturated carbocycles. The lowest BCUT2D eigenvalue weighted by Crippen LogP contribution is -2.23. The molecule has 0 aliphatic carbocycles. The van der Waals surface area contributed by atoms with E-state index >= 15 is 0 Å². The molecule has 2 radical (unpaired) electrons. The second kappa shape index (κ2) is 3.34. The fourth-order valence-electron chi connectivity index (χ4n) is 0.972. The van der Waals surface area contributed by atoms with Crippen LogP contribution >= 0.6 is 0 Å². The van der Waals surface area contributed by atoms with Crippen molar-refractivity contribution < 1.29 is 4.79 Å². The highest BCUT2D eigenvalue weighted by Crippen LogP contribution is 2.18. The lowest BCUT2D eigenvalue weighted by atomic mass is 10.2. The van der Waals surface area contributed by atoms with E-state index in [9.17, 15) is 4.79 Å². The van der Waals surface area contributed by atoms with E-state index < -0.39 is 0 Å². The molecule has 0 bridgehead atoms. The minimum absolute atomic E-state index is 0.287. The van der Waals surface area contributed by atoms with Crippen molar-refractivity contribution in [1.29, 1.82) is 0 Å². The monoisotopic (exact) mass is 161 g/mol. The van der Waals surface area contributed by atoms with Gasteiger partial charge in [0, 0.05) is 19.2 Å². The van der Waals surface area contributed by atoms with Gasteiger partial charge in [-0.15, -0.1) is 0 Å². The number of amides is 1. The van der Waals surface area contributed by atoms with Crippen LogP contribution in [0.2, 0.25) is 0 Å². The summed E-state index contributed by atoms with van der Waals surface area (Å²) in [6, 6.07) is 0. The van der Waals surface area contributed by atoms with E-state index in [2.05, 4.69) is 16.8 Å². The van der Waals surface area contributed by atoms with Gasteiger partial charge in [0.15, 0.2) is 5.70 Å². The molecule has 1 aliphatic heterocycles. The van der Waals surface area contributed by atoms with Gasteiger partial charge in [-0.1, -0.05) is 12.7 Å². The van der Waals surface area contributed by atoms with Crippen LogP contribution in [-0.4, -0.2) is 32.3 Å². The Labute approximate surface area is 72.1 Å². The lowest BCUT2D eigenvalue weighted by molar-refractivity contribution is -0.121. The van der Waals surface area contributed by atoms with Crippen LogP contribution in [0, 0.1) is 0 Å². The largest absolute Gasteiger partial charge is 0.387 e. The second-order valence-electron chi connectivity index (χ2n) is 2.31. The summed E-state index contributed by atoms with van der Waals surface area (Å²) in [6.45, 7) is 3.91. The molecular formula is C7H8BN3O. The summed E-state index contributed by atoms with van der Waals surface area (Å²) in [7, 11) is 6.86. The topological polar surface area (TPSA) is 45.0 Å². The summed E-state index contributed by atoms with van der Waals surface area (Å²) in [4.78, 5) is 12.3. The maximum atomic E-state index is 11.2. The number of hydrogen-bond acceptors (Lipinski definition) is 3. The van der Waals surface area contributed by atoms with E-state index in [1.54, 1.807) is 6.08 Å². The normalized spacial score (nSPS) is 18.1. The SMILES string of the molecule is [B]N1CC(C=C)=C(N=NC)C1=O. The van der Waals surface area contributed by atoms with Crippen molar-refractivity contribution in [2.24, 2.45) is 10.2 Å². The first-order chi connectivity index (χ1) is 5.70. The van der Waals surface area contributed by atoms with Gasteiger partial charge in [0.1, 0.15) is 0 Å². The van der Waals surface area contributed by atoms with Gasteiger partial charge in [-0.2, -0.15) is 10.2 Å². The van der Waals surface area contributed by atoms with Gasteiger partial charge in [-0.05, 0) is 0 Å². The van der Waals surface area contributed by atoms with Crippen molar-refractivity contribution in [3.63, 3.8) is 0 Å². The van der Waals surface area contributed by atoms with Crippen LogP contribution in [0.15, 0.2) is 34.2 Å². The first kappa shape index (κ1) is 8.71. The molecule has 1 heterocycles. The summed E-state index contributed by atoms with van der Waals surface area (Å²) in [5.74, 6) is -0.310. The lowest BCUT2D eigenvalue weighted by Gasteiger charge is -2.06. The molecule has 0 aromatic rings. The van der Waals surface area contributed by atoms with E-state index in [0.717, 1.165) is 4.81 Å². The van der Waals surface area contributed by atoms with Crippen LogP contribution in [0.1, 0.15) is 0 Å². The molecule has 0 unspecified atom stereocenters. The Morgan fingerprint density at radius 1 is 1.75 bits per heavy atom. The molecule has 60 valence electrons. The summed E-state index contributed by atoms with van der Waals surface area (Å²) in [6.07, 6.45) is 1.56. The highest BCUT2D eigenvalue weighted by atomic mass is 16.2. The number of nitrogens with zero attached hydrogens (tertiary/aromatic N) is 3. The number of hydrogen-bond donors (Lipinski definition) is 0. The molecule has 4 nitrogen and oxygen atoms in total. The third kappa shape index (κ3) is 1.30. The zero-order chi connectivity index (χ0) is 9.14. The summed E-state index contributed by atoms with van der Waals surface area (Å²) < 4.78 is 0. The smallest absolute Gasteiger partial charge is 0.262 e. The van der Waals surface area contributed by atoms with Crippen LogP contribution in [0.25, 0.3) is 0 Å². The highest BCUT2D eigenvalue weighted by molar-refractivity contribution is 6.19. The Hall–Kier alpha value is -1.39. The maximum Gasteiger partial charge on any atom is 0.262 e. The van der Waals surface area contributed by atoms with Crippen LogP contribution in [-0.2, 0) is 4.79 Å². The molecule has 0 fully saturated rings. The molecule has 5 heteroatoms. The first-order valence-corrected chi connectivity index (χ1v) is 3.42. The zero-order valence-electron chi connectivity index (χ0n) is 6.82. The van der Waals surface area contributed by atoms with Crippen molar-refractivity contribution in [2.75, 3.05) is 13.6 Å². The van der Waals surface area contributed by atoms with Crippen molar-refractivity contribution in [2.45, 2.75) is 0 Å². The molecule has 1 aliphatic rings. The van der Waals surface area contributed by atoms with E-state index in [-0.39, 0.29) is 11.6 Å². The minimum Gasteiger partial charge on any atom is -0.387 e. The molecule has 0 N–H and O–H groups in total. The first-order valence-electron chi connectivity index (χ1n) is 3.42. The maximum absolute atomic E-state index is 11.2. The summed E-state index contributed by atoms with van der Waals surface area (Å²) in [5.41, 5.74) is 1.00. The molecule has 0 aromatic heterocycles. The van der Waals surface area contributed by atoms with E-state index in [1.165, 1.54) is 7.05 Å². The quantitative estimate of drug-likeness (QED) is 0.427. The fraction of sp³-hybridized carbons (Fsp3) is 0.286. The van der Waals surface area contributed by atoms with Gasteiger partial charge in [0.25, 0.3) is 5.91 Å². The average Bonchev–Trinajstić information content (AvgIpc) is 2.33. The average molecular weight is 161 g/mol. The van der Waals surface area contributed by atoms with Crippen LogP contribution in [0.5, 0.6) is 0 Å². The van der Waals surface area contributed by atoms with Crippen LogP contribution < -0.4 is 0 Å². The molecule has 0 spiro atoms. The van der Waals surface area contributed by atoms with Crippen molar-refractivity contribution in [3.8, 4) is 0 Å². The van der Waals surface area contributed by atoms with Gasteiger partial charge in [-0.25, -0.2) is 0 Å². The van der Waals surface area contributed by atoms with Gasteiger partial charge in [0.05, 0.1) is 0 Å². The third-order valence-corrected chi connectivity index (χ3v) is 1.55. The fourth-order valence-corrected chi connectivity index (χ4v) is 0.972.